The Balaban J connectivity index is 2.16. The number of aliphatic hydroxyl groups is 1. The third-order valence-corrected chi connectivity index (χ3v) is 3.96. The fraction of sp³-hybridized carbons (Fsp3) is 0.438. The van der Waals surface area contributed by atoms with E-state index in [4.69, 9.17) is 16.3 Å². The van der Waals surface area contributed by atoms with E-state index in [1.807, 2.05) is 32.0 Å². The molecule has 5 heteroatoms. The molecule has 0 spiro atoms. The zero-order chi connectivity index (χ0) is 15.4. The van der Waals surface area contributed by atoms with Gasteiger partial charge in [-0.1, -0.05) is 29.8 Å². The standard InChI is InChI=1S/C16H20ClNO3/c1-11(14-5-3-4-6-15(14)17)7-16(20)18-8-13(9-19)21-10-12(18)2/h3-7,12-13,19H,8-10H2,1-2H3/b11-7-. The summed E-state index contributed by atoms with van der Waals surface area (Å²) in [5.41, 5.74) is 1.68. The van der Waals surface area contributed by atoms with Crippen LogP contribution in [0.15, 0.2) is 30.3 Å². The number of rotatable bonds is 3. The van der Waals surface area contributed by atoms with Gasteiger partial charge in [-0.15, -0.1) is 0 Å². The summed E-state index contributed by atoms with van der Waals surface area (Å²) in [6.45, 7) is 4.57. The molecule has 1 heterocycles. The van der Waals surface area contributed by atoms with Crippen molar-refractivity contribution in [2.75, 3.05) is 19.8 Å². The minimum atomic E-state index is -0.306. The van der Waals surface area contributed by atoms with Gasteiger partial charge in [0, 0.05) is 17.6 Å². The summed E-state index contributed by atoms with van der Waals surface area (Å²) in [5, 5.41) is 9.80. The summed E-state index contributed by atoms with van der Waals surface area (Å²) < 4.78 is 5.44. The third-order valence-electron chi connectivity index (χ3n) is 3.63. The summed E-state index contributed by atoms with van der Waals surface area (Å²) in [5.74, 6) is -0.0818. The second-order valence-electron chi connectivity index (χ2n) is 5.28. The van der Waals surface area contributed by atoms with E-state index in [1.54, 1.807) is 17.0 Å². The Hall–Kier alpha value is -1.36. The first-order valence-electron chi connectivity index (χ1n) is 6.99. The molecule has 0 bridgehead atoms. The predicted octanol–water partition coefficient (Wildman–Crippen LogP) is 2.35. The van der Waals surface area contributed by atoms with Gasteiger partial charge in [-0.2, -0.15) is 0 Å². The topological polar surface area (TPSA) is 49.8 Å². The van der Waals surface area contributed by atoms with Crippen molar-refractivity contribution in [2.24, 2.45) is 0 Å². The molecule has 1 aromatic carbocycles. The van der Waals surface area contributed by atoms with Gasteiger partial charge >= 0.3 is 0 Å². The van der Waals surface area contributed by atoms with Crippen molar-refractivity contribution in [3.8, 4) is 0 Å². The number of nitrogens with zero attached hydrogens (tertiary/aromatic N) is 1. The van der Waals surface area contributed by atoms with Crippen molar-refractivity contribution in [1.82, 2.24) is 4.90 Å². The molecule has 1 aliphatic heterocycles. The smallest absolute Gasteiger partial charge is 0.247 e. The van der Waals surface area contributed by atoms with Gasteiger partial charge in [0.15, 0.2) is 0 Å². The van der Waals surface area contributed by atoms with E-state index in [9.17, 15) is 9.90 Å². The lowest BCUT2D eigenvalue weighted by Crippen LogP contribution is -2.51. The van der Waals surface area contributed by atoms with Gasteiger partial charge in [-0.25, -0.2) is 0 Å². The molecule has 21 heavy (non-hydrogen) atoms. The second kappa shape index (κ2) is 7.07. The third kappa shape index (κ3) is 3.84. The molecule has 2 unspecified atom stereocenters. The fourth-order valence-electron chi connectivity index (χ4n) is 2.36. The fourth-order valence-corrected chi connectivity index (χ4v) is 2.65. The lowest BCUT2D eigenvalue weighted by Gasteiger charge is -2.37. The van der Waals surface area contributed by atoms with E-state index in [1.165, 1.54) is 0 Å². The van der Waals surface area contributed by atoms with E-state index in [0.717, 1.165) is 11.1 Å². The number of carbonyl (C=O) groups is 1. The summed E-state index contributed by atoms with van der Waals surface area (Å²) in [7, 11) is 0. The molecule has 1 fully saturated rings. The number of hydrogen-bond donors (Lipinski definition) is 1. The number of halogens is 1. The molecule has 0 aliphatic carbocycles. The van der Waals surface area contributed by atoms with Crippen LogP contribution in [0.1, 0.15) is 19.4 Å². The van der Waals surface area contributed by atoms with Crippen molar-refractivity contribution in [3.63, 3.8) is 0 Å². The molecule has 2 atom stereocenters. The summed E-state index contributed by atoms with van der Waals surface area (Å²) >= 11 is 6.14. The first-order valence-corrected chi connectivity index (χ1v) is 7.37. The van der Waals surface area contributed by atoms with Crippen molar-refractivity contribution in [3.05, 3.63) is 40.9 Å². The van der Waals surface area contributed by atoms with Crippen LogP contribution >= 0.6 is 11.6 Å². The SMILES string of the molecule is C/C(=C/C(=O)N1CC(CO)OCC1C)c1ccccc1Cl. The number of aliphatic hydroxyl groups excluding tert-OH is 1. The number of amides is 1. The molecular weight excluding hydrogens is 290 g/mol. The zero-order valence-corrected chi connectivity index (χ0v) is 13.0. The quantitative estimate of drug-likeness (QED) is 0.872. The van der Waals surface area contributed by atoms with Crippen LogP contribution < -0.4 is 0 Å². The number of hydrogen-bond acceptors (Lipinski definition) is 3. The van der Waals surface area contributed by atoms with Gasteiger partial charge in [0.25, 0.3) is 0 Å². The van der Waals surface area contributed by atoms with Crippen LogP contribution in [0.4, 0.5) is 0 Å². The highest BCUT2D eigenvalue weighted by atomic mass is 35.5. The van der Waals surface area contributed by atoms with Gasteiger partial charge in [-0.05, 0) is 31.1 Å². The van der Waals surface area contributed by atoms with Crippen molar-refractivity contribution in [1.29, 1.82) is 0 Å². The van der Waals surface area contributed by atoms with E-state index >= 15 is 0 Å². The highest BCUT2D eigenvalue weighted by Gasteiger charge is 2.28. The molecule has 4 nitrogen and oxygen atoms in total. The molecule has 0 saturated carbocycles. The first kappa shape index (κ1) is 16.0. The minimum Gasteiger partial charge on any atom is -0.394 e. The lowest BCUT2D eigenvalue weighted by atomic mass is 10.1. The molecule has 1 aliphatic rings. The number of benzene rings is 1. The summed E-state index contributed by atoms with van der Waals surface area (Å²) in [6, 6.07) is 7.44. The highest BCUT2D eigenvalue weighted by molar-refractivity contribution is 6.32. The number of morpholine rings is 1. The van der Waals surface area contributed by atoms with E-state index < -0.39 is 0 Å². The first-order chi connectivity index (χ1) is 10.0. The van der Waals surface area contributed by atoms with Crippen LogP contribution in [0.25, 0.3) is 5.57 Å². The van der Waals surface area contributed by atoms with Gasteiger partial charge in [-0.3, -0.25) is 4.79 Å². The molecule has 2 rings (SSSR count). The number of carbonyl (C=O) groups excluding carboxylic acids is 1. The van der Waals surface area contributed by atoms with Gasteiger partial charge < -0.3 is 14.7 Å². The average molecular weight is 310 g/mol. The van der Waals surface area contributed by atoms with Crippen LogP contribution in [0.3, 0.4) is 0 Å². The van der Waals surface area contributed by atoms with Crippen LogP contribution in [-0.4, -0.2) is 47.8 Å². The Kier molecular flexibility index (Phi) is 5.39. The van der Waals surface area contributed by atoms with Crippen molar-refractivity contribution < 1.29 is 14.6 Å². The maximum Gasteiger partial charge on any atom is 0.247 e. The molecule has 114 valence electrons. The van der Waals surface area contributed by atoms with Crippen LogP contribution in [0.5, 0.6) is 0 Å². The summed E-state index contributed by atoms with van der Waals surface area (Å²) in [6.07, 6.45) is 1.29. The Labute approximate surface area is 130 Å². The summed E-state index contributed by atoms with van der Waals surface area (Å²) in [4.78, 5) is 14.2. The maximum atomic E-state index is 12.4. The molecule has 1 amide bonds. The van der Waals surface area contributed by atoms with E-state index in [0.29, 0.717) is 18.2 Å². The largest absolute Gasteiger partial charge is 0.394 e. The van der Waals surface area contributed by atoms with Gasteiger partial charge in [0.05, 0.1) is 25.4 Å². The zero-order valence-electron chi connectivity index (χ0n) is 12.3. The van der Waals surface area contributed by atoms with Crippen molar-refractivity contribution in [2.45, 2.75) is 26.0 Å². The van der Waals surface area contributed by atoms with Crippen LogP contribution in [0.2, 0.25) is 5.02 Å². The van der Waals surface area contributed by atoms with Crippen LogP contribution in [-0.2, 0) is 9.53 Å². The molecule has 0 radical (unpaired) electrons. The predicted molar refractivity (Wildman–Crippen MR) is 83.1 cm³/mol. The minimum absolute atomic E-state index is 0.00408. The number of allylic oxidation sites excluding steroid dienone is 1. The Bertz CT molecular complexity index is 544. The van der Waals surface area contributed by atoms with Crippen LogP contribution in [0, 0.1) is 0 Å². The van der Waals surface area contributed by atoms with E-state index in [-0.39, 0.29) is 24.7 Å². The lowest BCUT2D eigenvalue weighted by molar-refractivity contribution is -0.140. The monoisotopic (exact) mass is 309 g/mol. The van der Waals surface area contributed by atoms with Gasteiger partial charge in [0.2, 0.25) is 5.91 Å². The normalized spacial score (nSPS) is 23.2. The van der Waals surface area contributed by atoms with Gasteiger partial charge in [0.1, 0.15) is 0 Å². The van der Waals surface area contributed by atoms with Crippen molar-refractivity contribution >= 4 is 23.1 Å². The molecule has 1 saturated heterocycles. The molecule has 1 aromatic rings. The van der Waals surface area contributed by atoms with E-state index in [2.05, 4.69) is 0 Å². The molecule has 0 aromatic heterocycles. The average Bonchev–Trinajstić information content (AvgIpc) is 2.48. The maximum absolute atomic E-state index is 12.4. The Morgan fingerprint density at radius 1 is 1.52 bits per heavy atom. The number of ether oxygens (including phenoxy) is 1. The second-order valence-corrected chi connectivity index (χ2v) is 5.69. The highest BCUT2D eigenvalue weighted by Crippen LogP contribution is 2.23. The Morgan fingerprint density at radius 2 is 2.24 bits per heavy atom. The molecule has 1 N–H and O–H groups in total. The molecular formula is C16H20ClNO3. The Morgan fingerprint density at radius 3 is 2.90 bits per heavy atom.